The van der Waals surface area contributed by atoms with E-state index >= 15 is 0 Å². The predicted molar refractivity (Wildman–Crippen MR) is 438 cm³/mol. The van der Waals surface area contributed by atoms with Crippen LogP contribution in [0, 0.1) is 34.6 Å². The Morgan fingerprint density at radius 2 is 0.467 bits per heavy atom. The molecule has 0 spiro atoms. The molecule has 0 saturated carbocycles. The zero-order chi connectivity index (χ0) is 72.8. The third kappa shape index (κ3) is 13.4. The molecule has 526 valence electrons. The Balaban J connectivity index is 0.000000111. The topological polar surface area (TPSA) is 96.8 Å². The molecule has 0 radical (unpaired) electrons. The van der Waals surface area contributed by atoms with Gasteiger partial charge in [0, 0.05) is 90.6 Å². The van der Waals surface area contributed by atoms with Gasteiger partial charge < -0.3 is 49.0 Å². The average molecular weight is 1380 g/mol. The molecule has 13 aromatic rings. The normalized spacial score (nSPS) is 17.0. The molecule has 18 rings (SSSR count). The molecule has 15 nitrogen and oxygen atoms in total. The van der Waals surface area contributed by atoms with Crippen LogP contribution in [-0.2, 0) is 0 Å². The van der Waals surface area contributed by atoms with Gasteiger partial charge in [0.15, 0.2) is 5.82 Å². The highest BCUT2D eigenvalue weighted by Gasteiger charge is 2.40. The minimum atomic E-state index is 0.170. The first-order valence-electron chi connectivity index (χ1n) is 36.2. The third-order valence-corrected chi connectivity index (χ3v) is 20.8. The average Bonchev–Trinajstić information content (AvgIpc) is 1.62. The maximum Gasteiger partial charge on any atom is 0.158 e. The van der Waals surface area contributed by atoms with Gasteiger partial charge in [-0.25, -0.2) is 4.98 Å². The highest BCUT2D eigenvalue weighted by atomic mass is 15.5. The Morgan fingerprint density at radius 1 is 0.210 bits per heavy atom. The summed E-state index contributed by atoms with van der Waals surface area (Å²) in [6, 6.07) is 86.5. The minimum Gasteiger partial charge on any atom is -0.352 e. The molecule has 0 fully saturated rings. The molecule has 0 unspecified atom stereocenters. The van der Waals surface area contributed by atoms with E-state index in [-0.39, 0.29) is 18.5 Å². The van der Waals surface area contributed by atoms with Crippen LogP contribution in [0.1, 0.15) is 62.4 Å². The summed E-state index contributed by atoms with van der Waals surface area (Å²) >= 11 is 0. The number of fused-ring (bicyclic) bond motifs is 5. The van der Waals surface area contributed by atoms with E-state index in [2.05, 4.69) is 388 Å². The van der Waals surface area contributed by atoms with E-state index in [1.165, 1.54) is 102 Å². The SMILES string of the molecule is Cc1ccccc1N1c2cccnc2N(c2ccccc2)[C@@H]1C.Cc1ccccc1N1c2ccncc2N(C)[C@@H]1C.Cc1ccccc1N1c2ccncc2N(c2ccccc2)[C@@H]1C.Cc1ccccc1N1c2cnccc2N(C)[C@@H]1C.Cc1ccccc1N1c2cnccc2N(c2ccccc2)[C@@H]1C. The Bertz CT molecular complexity index is 4670. The number of hydrogen-bond acceptors (Lipinski definition) is 15. The number of nitrogens with zero attached hydrogens (tertiary/aromatic N) is 15. The van der Waals surface area contributed by atoms with E-state index in [1.807, 2.05) is 74.0 Å². The van der Waals surface area contributed by atoms with Gasteiger partial charge in [-0.3, -0.25) is 19.9 Å². The summed E-state index contributed by atoms with van der Waals surface area (Å²) < 4.78 is 0. The van der Waals surface area contributed by atoms with Crippen LogP contribution in [0.25, 0.3) is 0 Å². The molecule has 0 amide bonds. The van der Waals surface area contributed by atoms with Crippen LogP contribution in [0.4, 0.5) is 103 Å². The third-order valence-electron chi connectivity index (χ3n) is 20.8. The van der Waals surface area contributed by atoms with Crippen LogP contribution in [0.5, 0.6) is 0 Å². The van der Waals surface area contributed by atoms with E-state index in [0.717, 1.165) is 28.6 Å². The summed E-state index contributed by atoms with van der Waals surface area (Å²) in [6.07, 6.45) is 18.3. The Hall–Kier alpha value is -12.5. The largest absolute Gasteiger partial charge is 0.352 e. The van der Waals surface area contributed by atoms with Crippen molar-refractivity contribution in [2.24, 2.45) is 0 Å². The summed E-state index contributed by atoms with van der Waals surface area (Å²) in [5.41, 5.74) is 26.8. The van der Waals surface area contributed by atoms with Gasteiger partial charge in [-0.1, -0.05) is 146 Å². The zero-order valence-electron chi connectivity index (χ0n) is 62.0. The fourth-order valence-corrected chi connectivity index (χ4v) is 15.3. The van der Waals surface area contributed by atoms with Crippen molar-refractivity contribution in [3.05, 3.63) is 332 Å². The molecule has 105 heavy (non-hydrogen) atoms. The van der Waals surface area contributed by atoms with Gasteiger partial charge in [0.2, 0.25) is 0 Å². The molecular weight excluding hydrogens is 1290 g/mol. The molecule has 10 heterocycles. The van der Waals surface area contributed by atoms with Crippen LogP contribution >= 0.6 is 0 Å². The lowest BCUT2D eigenvalue weighted by Gasteiger charge is -2.31. The molecule has 0 bridgehead atoms. The Kier molecular flexibility index (Phi) is 20.3. The second kappa shape index (κ2) is 30.6. The van der Waals surface area contributed by atoms with Crippen molar-refractivity contribution in [1.29, 1.82) is 0 Å². The maximum absolute atomic E-state index is 4.66. The zero-order valence-corrected chi connectivity index (χ0v) is 62.0. The number of benzene rings is 8. The van der Waals surface area contributed by atoms with E-state index < -0.39 is 0 Å². The smallest absolute Gasteiger partial charge is 0.158 e. The first-order valence-corrected chi connectivity index (χ1v) is 36.2. The minimum absolute atomic E-state index is 0.170. The fraction of sp³-hybridized carbons (Fsp3) is 0.189. The molecule has 5 aromatic heterocycles. The van der Waals surface area contributed by atoms with Crippen molar-refractivity contribution >= 4 is 103 Å². The molecule has 5 aliphatic heterocycles. The van der Waals surface area contributed by atoms with Gasteiger partial charge >= 0.3 is 0 Å². The van der Waals surface area contributed by atoms with Crippen molar-refractivity contribution in [2.45, 2.75) is 100 Å². The highest BCUT2D eigenvalue weighted by molar-refractivity contribution is 5.91. The van der Waals surface area contributed by atoms with Crippen molar-refractivity contribution in [2.75, 3.05) is 63.1 Å². The molecule has 0 aliphatic carbocycles. The second-order valence-electron chi connectivity index (χ2n) is 27.1. The number of pyridine rings is 5. The summed E-state index contributed by atoms with van der Waals surface area (Å²) in [7, 11) is 4.24. The van der Waals surface area contributed by atoms with E-state index in [1.54, 1.807) is 0 Å². The molecule has 0 N–H and O–H groups in total. The summed E-state index contributed by atoms with van der Waals surface area (Å²) in [5, 5.41) is 0. The number of rotatable bonds is 8. The summed E-state index contributed by atoms with van der Waals surface area (Å²) in [4.78, 5) is 45.2. The quantitative estimate of drug-likeness (QED) is 0.144. The molecule has 15 heteroatoms. The first-order chi connectivity index (χ1) is 51.2. The number of anilines is 18. The Morgan fingerprint density at radius 3 is 0.876 bits per heavy atom. The standard InChI is InChI=1S/3C20H19N3.2C15H17N3/c1-15-9-6-7-12-18(15)23-16(2)22(17-10-4-3-5-11-17)20-19(23)13-8-14-21-20;1-15-8-6-7-11-18(15)23-16(2)22(17-9-4-3-5-10-17)20-14-21-13-12-19(20)23;1-15-8-6-7-11-18(15)23-16(2)22(17-9-4-3-5-10-17)19-12-13-21-14-20(19)23;1-11-6-4-5-7-13(11)18-12(2)17(3)15-10-16-9-8-14(15)18;1-11-6-4-5-7-13(11)18-12(2)17(3)14-8-9-16-10-15(14)18/h3*3-14,16H,1-2H3;2*4-10,12H,1-3H3/t3*16-;2*12-/m00000/s1. The number of para-hydroxylation sites is 8. The second-order valence-corrected chi connectivity index (χ2v) is 27.1. The van der Waals surface area contributed by atoms with Crippen LogP contribution in [0.2, 0.25) is 0 Å². The van der Waals surface area contributed by atoms with E-state index in [9.17, 15) is 0 Å². The van der Waals surface area contributed by atoms with Crippen molar-refractivity contribution in [3.8, 4) is 0 Å². The van der Waals surface area contributed by atoms with Crippen molar-refractivity contribution in [3.63, 3.8) is 0 Å². The number of aromatic nitrogens is 5. The lowest BCUT2D eigenvalue weighted by Crippen LogP contribution is -2.35. The summed E-state index contributed by atoms with van der Waals surface area (Å²) in [5.74, 6) is 1.01. The molecule has 0 saturated heterocycles. The highest BCUT2D eigenvalue weighted by Crippen LogP contribution is 2.52. The molecular formula is C90H91N15. The van der Waals surface area contributed by atoms with Gasteiger partial charge in [-0.2, -0.15) is 0 Å². The molecule has 5 aliphatic rings. The van der Waals surface area contributed by atoms with Crippen molar-refractivity contribution in [1.82, 2.24) is 24.9 Å². The van der Waals surface area contributed by atoms with Crippen molar-refractivity contribution < 1.29 is 0 Å². The van der Waals surface area contributed by atoms with Gasteiger partial charge in [0.05, 0.1) is 76.0 Å². The van der Waals surface area contributed by atoms with Gasteiger partial charge in [0.1, 0.15) is 30.8 Å². The maximum atomic E-state index is 4.66. The van der Waals surface area contributed by atoms with Gasteiger partial charge in [-0.05, 0) is 200 Å². The lowest BCUT2D eigenvalue weighted by atomic mass is 10.1. The number of hydrogen-bond donors (Lipinski definition) is 0. The summed E-state index contributed by atoms with van der Waals surface area (Å²) in [6.45, 7) is 21.9. The van der Waals surface area contributed by atoms with Crippen LogP contribution in [-0.4, -0.2) is 69.8 Å². The molecule has 8 aromatic carbocycles. The number of aryl methyl sites for hydroxylation is 5. The molecule has 5 atom stereocenters. The van der Waals surface area contributed by atoms with Crippen LogP contribution in [0.3, 0.4) is 0 Å². The van der Waals surface area contributed by atoms with Crippen LogP contribution < -0.4 is 49.0 Å². The Labute approximate surface area is 619 Å². The fourth-order valence-electron chi connectivity index (χ4n) is 15.3. The monoisotopic (exact) mass is 1380 g/mol. The van der Waals surface area contributed by atoms with Gasteiger partial charge in [-0.15, -0.1) is 0 Å². The van der Waals surface area contributed by atoms with Crippen LogP contribution in [0.15, 0.2) is 304 Å². The lowest BCUT2D eigenvalue weighted by molar-refractivity contribution is 0.732. The van der Waals surface area contributed by atoms with E-state index in [4.69, 9.17) is 0 Å². The van der Waals surface area contributed by atoms with E-state index in [0.29, 0.717) is 12.3 Å². The van der Waals surface area contributed by atoms with Gasteiger partial charge in [0.25, 0.3) is 0 Å². The first kappa shape index (κ1) is 69.6. The predicted octanol–water partition coefficient (Wildman–Crippen LogP) is 21.7.